The Morgan fingerprint density at radius 1 is 0.814 bits per heavy atom. The van der Waals surface area contributed by atoms with Crippen molar-refractivity contribution in [2.45, 2.75) is 89.1 Å². The average Bonchev–Trinajstić information content (AvgIpc) is 3.22. The van der Waals surface area contributed by atoms with Crippen molar-refractivity contribution in [1.82, 2.24) is 36.8 Å². The average molecular weight is 824 g/mol. The molecule has 0 saturated carbocycles. The van der Waals surface area contributed by atoms with Gasteiger partial charge in [0.2, 0.25) is 35.4 Å². The number of unbranched alkanes of at least 4 members (excludes halogenated alkanes) is 1. The van der Waals surface area contributed by atoms with Crippen LogP contribution in [0.2, 0.25) is 0 Å². The Morgan fingerprint density at radius 3 is 2.05 bits per heavy atom. The van der Waals surface area contributed by atoms with Crippen molar-refractivity contribution in [2.24, 2.45) is 11.5 Å². The van der Waals surface area contributed by atoms with Gasteiger partial charge in [-0.15, -0.1) is 0 Å². The van der Waals surface area contributed by atoms with Crippen LogP contribution in [0.4, 0.5) is 0 Å². The number of piperidine rings is 1. The Labute approximate surface area is 341 Å². The van der Waals surface area contributed by atoms with Gasteiger partial charge in [-0.1, -0.05) is 49.7 Å². The number of rotatable bonds is 21. The predicted octanol–water partition coefficient (Wildman–Crippen LogP) is -3.32. The van der Waals surface area contributed by atoms with E-state index in [2.05, 4.69) is 51.0 Å². The number of benzene rings is 2. The normalized spacial score (nSPS) is 15.6. The van der Waals surface area contributed by atoms with E-state index in [0.29, 0.717) is 12.8 Å². The second kappa shape index (κ2) is 23.5. The maximum absolute atomic E-state index is 13.2. The number of amides is 8. The molecule has 0 unspecified atom stereocenters. The molecule has 1 fully saturated rings. The first kappa shape index (κ1) is 47.5. The number of aliphatic hydroxyl groups excluding tert-OH is 1. The Hall–Kier alpha value is -5.90. The summed E-state index contributed by atoms with van der Waals surface area (Å²) in [7, 11) is -1.91. The van der Waals surface area contributed by atoms with Crippen molar-refractivity contribution in [3.05, 3.63) is 59.7 Å². The van der Waals surface area contributed by atoms with Gasteiger partial charge in [-0.05, 0) is 67.9 Å². The smallest absolute Gasteiger partial charge is 0.426 e. The van der Waals surface area contributed by atoms with E-state index in [1.54, 1.807) is 24.3 Å². The van der Waals surface area contributed by atoms with Gasteiger partial charge in [0.05, 0.1) is 26.0 Å². The van der Waals surface area contributed by atoms with Crippen LogP contribution in [0.15, 0.2) is 48.5 Å². The summed E-state index contributed by atoms with van der Waals surface area (Å²) in [4.78, 5) is 103. The van der Waals surface area contributed by atoms with E-state index < -0.39 is 111 Å². The topological polar surface area (TPSA) is 325 Å². The molecule has 0 aliphatic carbocycles. The highest BCUT2D eigenvalue weighted by atomic mass is 16.4. The van der Waals surface area contributed by atoms with Crippen molar-refractivity contribution in [2.75, 3.05) is 26.1 Å². The number of nitrogens with zero attached hydrogens (tertiary/aromatic N) is 1. The molecule has 2 aromatic rings. The van der Waals surface area contributed by atoms with Crippen molar-refractivity contribution >= 4 is 54.4 Å². The van der Waals surface area contributed by atoms with Crippen molar-refractivity contribution in [1.29, 1.82) is 0 Å². The molecule has 2 aromatic carbocycles. The zero-order chi connectivity index (χ0) is 43.6. The number of aryl methyl sites for hydroxylation is 1. The molecule has 0 spiro atoms. The largest absolute Gasteiger partial charge is 0.472 e. The third-order valence-electron chi connectivity index (χ3n) is 9.43. The first-order valence-corrected chi connectivity index (χ1v) is 19.3. The van der Waals surface area contributed by atoms with Crippen LogP contribution in [-0.2, 0) is 40.0 Å². The summed E-state index contributed by atoms with van der Waals surface area (Å²) in [5.41, 5.74) is 14.3. The molecule has 1 saturated heterocycles. The van der Waals surface area contributed by atoms with Crippen LogP contribution in [0.5, 0.6) is 0 Å². The summed E-state index contributed by atoms with van der Waals surface area (Å²) in [6.45, 7) is 2.27. The van der Waals surface area contributed by atoms with E-state index >= 15 is 0 Å². The second-order valence-electron chi connectivity index (χ2n) is 14.1. The first-order chi connectivity index (χ1) is 28.0. The molecule has 59 heavy (non-hydrogen) atoms. The molecule has 8 amide bonds. The minimum atomic E-state index is -1.91. The molecule has 0 bridgehead atoms. The molecule has 1 aliphatic rings. The van der Waals surface area contributed by atoms with E-state index in [4.69, 9.17) is 21.5 Å². The highest BCUT2D eigenvalue weighted by Crippen LogP contribution is 2.21. The number of primary amides is 1. The first-order valence-electron chi connectivity index (χ1n) is 19.3. The van der Waals surface area contributed by atoms with E-state index in [1.165, 1.54) is 17.4 Å². The van der Waals surface area contributed by atoms with Gasteiger partial charge in [-0.2, -0.15) is 0 Å². The molecular formula is C38H54BN9O11. The maximum atomic E-state index is 13.2. The fourth-order valence-corrected chi connectivity index (χ4v) is 6.10. The van der Waals surface area contributed by atoms with Crippen LogP contribution in [0.25, 0.3) is 11.1 Å². The summed E-state index contributed by atoms with van der Waals surface area (Å²) in [6.07, 6.45) is 1.46. The minimum absolute atomic E-state index is 0.130. The Morgan fingerprint density at radius 2 is 1.46 bits per heavy atom. The molecule has 21 heteroatoms. The number of carbonyl (C=O) groups is 8. The van der Waals surface area contributed by atoms with Crippen LogP contribution in [0.3, 0.4) is 0 Å². The van der Waals surface area contributed by atoms with Gasteiger partial charge in [0, 0.05) is 12.1 Å². The van der Waals surface area contributed by atoms with Crippen molar-refractivity contribution in [3.8, 4) is 11.1 Å². The van der Waals surface area contributed by atoms with Crippen molar-refractivity contribution < 1.29 is 53.5 Å². The lowest BCUT2D eigenvalue weighted by atomic mass is 9.92. The van der Waals surface area contributed by atoms with Crippen LogP contribution in [0, 0.1) is 0 Å². The number of hydrogen-bond donors (Lipinski definition) is 11. The zero-order valence-corrected chi connectivity index (χ0v) is 33.1. The van der Waals surface area contributed by atoms with Gasteiger partial charge >= 0.3 is 7.12 Å². The van der Waals surface area contributed by atoms with Gasteiger partial charge < -0.3 is 63.4 Å². The van der Waals surface area contributed by atoms with E-state index in [9.17, 15) is 43.5 Å². The molecule has 13 N–H and O–H groups in total. The van der Waals surface area contributed by atoms with Gasteiger partial charge in [-0.3, -0.25) is 38.4 Å². The monoisotopic (exact) mass is 823 g/mol. The fraction of sp³-hybridized carbons (Fsp3) is 0.474. The summed E-state index contributed by atoms with van der Waals surface area (Å²) < 4.78 is 0. The third kappa shape index (κ3) is 15.1. The Balaban J connectivity index is 1.50. The van der Waals surface area contributed by atoms with E-state index in [1.807, 2.05) is 12.1 Å². The fourth-order valence-electron chi connectivity index (χ4n) is 6.10. The lowest BCUT2D eigenvalue weighted by Crippen LogP contribution is -2.61. The second-order valence-corrected chi connectivity index (χ2v) is 14.1. The molecule has 1 heterocycles. The molecule has 5 atom stereocenters. The number of hydrogen-bond acceptors (Lipinski definition) is 12. The number of nitrogens with one attached hydrogen (secondary N) is 6. The lowest BCUT2D eigenvalue weighted by Gasteiger charge is -2.35. The van der Waals surface area contributed by atoms with Gasteiger partial charge in [-0.25, -0.2) is 0 Å². The van der Waals surface area contributed by atoms with E-state index in [0.717, 1.165) is 30.4 Å². The highest BCUT2D eigenvalue weighted by molar-refractivity contribution is 6.41. The van der Waals surface area contributed by atoms with Gasteiger partial charge in [0.15, 0.2) is 6.17 Å². The zero-order valence-electron chi connectivity index (χ0n) is 33.1. The number of nitrogens with two attached hydrogens (primary N) is 2. The molecule has 20 nitrogen and oxygen atoms in total. The molecule has 1 aliphatic heterocycles. The van der Waals surface area contributed by atoms with E-state index in [-0.39, 0.29) is 18.5 Å². The van der Waals surface area contributed by atoms with Crippen LogP contribution < -0.4 is 43.4 Å². The number of likely N-dealkylation sites (tertiary alicyclic amines) is 1. The predicted molar refractivity (Wildman–Crippen MR) is 214 cm³/mol. The standard InChI is InChI=1S/C38H54BN9O11/c1-3-4-7-23-9-11-24(12-10-23)25-13-15-26(16-14-25)34(53)46-28(20-49)36(55)44-22(2)33(52)42-19-31(51)48-17-6-5-8-29(48)37(56)47-32(41)38(57)45-27(18-30(40)50)35(54)43-21-39(58)59/h9-16,22,27-29,32,49,58-59H,3-8,17-21,41H2,1-2H3,(H2,40,50)(H,42,52)(H,43,54)(H,44,55)(H,45,57)(H,46,53)(H,47,56)/t22-,27+,28-,29+,32-/m1/s1. The Bertz CT molecular complexity index is 1800. The Kier molecular flexibility index (Phi) is 18.9. The molecule has 0 aromatic heterocycles. The van der Waals surface area contributed by atoms with Crippen LogP contribution in [-0.4, -0.2) is 131 Å². The molecular weight excluding hydrogens is 769 g/mol. The third-order valence-corrected chi connectivity index (χ3v) is 9.43. The summed E-state index contributed by atoms with van der Waals surface area (Å²) in [5, 5.41) is 41.6. The number of carbonyl (C=O) groups excluding carboxylic acids is 8. The lowest BCUT2D eigenvalue weighted by molar-refractivity contribution is -0.143. The molecule has 3 rings (SSSR count). The van der Waals surface area contributed by atoms with Crippen LogP contribution >= 0.6 is 0 Å². The minimum Gasteiger partial charge on any atom is -0.426 e. The SMILES string of the molecule is CCCCc1ccc(-c2ccc(C(=O)N[C@H](CO)C(=O)N[C@H](C)C(=O)NCC(=O)N3CCCC[C@H]3C(=O)N[C@@H](N)C(=O)N[C@@H](CC(N)=O)C(=O)NCB(O)O)cc2)cc1. The molecule has 0 radical (unpaired) electrons. The summed E-state index contributed by atoms with van der Waals surface area (Å²) in [5.74, 6) is -6.75. The summed E-state index contributed by atoms with van der Waals surface area (Å²) >= 11 is 0. The van der Waals surface area contributed by atoms with Crippen LogP contribution in [0.1, 0.15) is 68.3 Å². The molecule has 320 valence electrons. The quantitative estimate of drug-likeness (QED) is 0.0436. The van der Waals surface area contributed by atoms with Crippen molar-refractivity contribution in [3.63, 3.8) is 0 Å². The van der Waals surface area contributed by atoms with Gasteiger partial charge in [0.25, 0.3) is 11.8 Å². The highest BCUT2D eigenvalue weighted by Gasteiger charge is 2.35. The maximum Gasteiger partial charge on any atom is 0.472 e. The summed E-state index contributed by atoms with van der Waals surface area (Å²) in [6, 6.07) is 9.66. The number of aliphatic hydroxyl groups is 1. The van der Waals surface area contributed by atoms with Gasteiger partial charge in [0.1, 0.15) is 24.2 Å².